The second-order valence-corrected chi connectivity index (χ2v) is 3.81. The number of fused-ring (bicyclic) bond motifs is 1. The fraction of sp³-hybridized carbons (Fsp3) is 0.455. The van der Waals surface area contributed by atoms with Crippen LogP contribution in [-0.2, 0) is 6.42 Å². The highest BCUT2D eigenvalue weighted by Gasteiger charge is 2.22. The van der Waals surface area contributed by atoms with E-state index in [0.29, 0.717) is 6.10 Å². The van der Waals surface area contributed by atoms with Crippen molar-refractivity contribution in [2.75, 3.05) is 20.6 Å². The molecule has 70 valence electrons. The Bertz CT molecular complexity index is 271. The molecule has 1 aliphatic rings. The molecule has 1 aromatic rings. The summed E-state index contributed by atoms with van der Waals surface area (Å²) in [5.41, 5.74) is 1.34. The lowest BCUT2D eigenvalue weighted by atomic mass is 10.1. The molecule has 0 aliphatic carbocycles. The normalized spacial score (nSPS) is 20.1. The summed E-state index contributed by atoms with van der Waals surface area (Å²) >= 11 is 0. The minimum absolute atomic E-state index is 0.340. The van der Waals surface area contributed by atoms with Crippen LogP contribution in [0, 0.1) is 0 Å². The van der Waals surface area contributed by atoms with Crippen LogP contribution in [0.4, 0.5) is 0 Å². The summed E-state index contributed by atoms with van der Waals surface area (Å²) in [4.78, 5) is 2.16. The van der Waals surface area contributed by atoms with E-state index in [9.17, 15) is 0 Å². The molecule has 1 atom stereocenters. The molecule has 0 unspecified atom stereocenters. The highest BCUT2D eigenvalue weighted by molar-refractivity contribution is 5.37. The Morgan fingerprint density at radius 1 is 1.38 bits per heavy atom. The van der Waals surface area contributed by atoms with Gasteiger partial charge in [0.05, 0.1) is 0 Å². The molecule has 1 aliphatic heterocycles. The first-order valence-corrected chi connectivity index (χ1v) is 4.65. The molecule has 2 heteroatoms. The van der Waals surface area contributed by atoms with E-state index in [1.807, 2.05) is 12.1 Å². The summed E-state index contributed by atoms with van der Waals surface area (Å²) in [7, 11) is 4.15. The average molecular weight is 177 g/mol. The topological polar surface area (TPSA) is 12.5 Å². The van der Waals surface area contributed by atoms with Crippen LogP contribution in [-0.4, -0.2) is 31.6 Å². The molecule has 2 rings (SSSR count). The van der Waals surface area contributed by atoms with Crippen LogP contribution >= 0.6 is 0 Å². The number of benzene rings is 1. The van der Waals surface area contributed by atoms with Gasteiger partial charge in [-0.25, -0.2) is 0 Å². The molecule has 0 saturated carbocycles. The SMILES string of the molecule is CN(C)C[C@H]1Cc2ccccc2O1. The molecular weight excluding hydrogens is 162 g/mol. The van der Waals surface area contributed by atoms with Crippen LogP contribution in [0.1, 0.15) is 5.56 Å². The molecule has 0 amide bonds. The number of hydrogen-bond acceptors (Lipinski definition) is 2. The van der Waals surface area contributed by atoms with Crippen LogP contribution in [0.25, 0.3) is 0 Å². The van der Waals surface area contributed by atoms with Gasteiger partial charge in [-0.1, -0.05) is 18.2 Å². The molecule has 0 bridgehead atoms. The zero-order valence-electron chi connectivity index (χ0n) is 8.16. The fourth-order valence-electron chi connectivity index (χ4n) is 1.76. The predicted molar refractivity (Wildman–Crippen MR) is 53.1 cm³/mol. The smallest absolute Gasteiger partial charge is 0.123 e. The largest absolute Gasteiger partial charge is 0.488 e. The van der Waals surface area contributed by atoms with Gasteiger partial charge in [0.2, 0.25) is 0 Å². The number of rotatable bonds is 2. The van der Waals surface area contributed by atoms with Crippen molar-refractivity contribution >= 4 is 0 Å². The Labute approximate surface area is 79.1 Å². The van der Waals surface area contributed by atoms with E-state index in [0.717, 1.165) is 18.7 Å². The molecule has 1 heterocycles. The van der Waals surface area contributed by atoms with Crippen LogP contribution in [0.2, 0.25) is 0 Å². The summed E-state index contributed by atoms with van der Waals surface area (Å²) in [6, 6.07) is 8.28. The molecule has 2 nitrogen and oxygen atoms in total. The summed E-state index contributed by atoms with van der Waals surface area (Å²) in [6.45, 7) is 0.995. The predicted octanol–water partition coefficient (Wildman–Crippen LogP) is 1.55. The standard InChI is InChI=1S/C11H15NO/c1-12(2)8-10-7-9-5-3-4-6-11(9)13-10/h3-6,10H,7-8H2,1-2H3/t10-/m1/s1. The molecule has 0 fully saturated rings. The van der Waals surface area contributed by atoms with Crippen molar-refractivity contribution in [1.82, 2.24) is 4.90 Å². The zero-order chi connectivity index (χ0) is 9.26. The van der Waals surface area contributed by atoms with E-state index in [2.05, 4.69) is 31.1 Å². The second kappa shape index (κ2) is 3.38. The van der Waals surface area contributed by atoms with Gasteiger partial charge in [0.25, 0.3) is 0 Å². The van der Waals surface area contributed by atoms with Gasteiger partial charge < -0.3 is 9.64 Å². The van der Waals surface area contributed by atoms with E-state index < -0.39 is 0 Å². The Balaban J connectivity index is 2.05. The maximum absolute atomic E-state index is 5.78. The molecule has 0 N–H and O–H groups in total. The van der Waals surface area contributed by atoms with Crippen molar-refractivity contribution in [1.29, 1.82) is 0 Å². The molecule has 13 heavy (non-hydrogen) atoms. The first kappa shape index (κ1) is 8.57. The lowest BCUT2D eigenvalue weighted by molar-refractivity contribution is 0.184. The van der Waals surface area contributed by atoms with Crippen LogP contribution < -0.4 is 4.74 Å². The summed E-state index contributed by atoms with van der Waals surface area (Å²) in [5, 5.41) is 0. The van der Waals surface area contributed by atoms with Gasteiger partial charge in [-0.15, -0.1) is 0 Å². The number of hydrogen-bond donors (Lipinski definition) is 0. The maximum atomic E-state index is 5.78. The van der Waals surface area contributed by atoms with Gasteiger partial charge in [-0.3, -0.25) is 0 Å². The van der Waals surface area contributed by atoms with E-state index in [1.54, 1.807) is 0 Å². The Hall–Kier alpha value is -1.02. The average Bonchev–Trinajstić information content (AvgIpc) is 2.44. The lowest BCUT2D eigenvalue weighted by Crippen LogP contribution is -2.29. The summed E-state index contributed by atoms with van der Waals surface area (Å²) in [6.07, 6.45) is 1.39. The van der Waals surface area contributed by atoms with Crippen LogP contribution in [0.15, 0.2) is 24.3 Å². The zero-order valence-corrected chi connectivity index (χ0v) is 8.16. The van der Waals surface area contributed by atoms with Gasteiger partial charge in [-0.05, 0) is 25.7 Å². The van der Waals surface area contributed by atoms with E-state index in [4.69, 9.17) is 4.74 Å². The first-order valence-electron chi connectivity index (χ1n) is 4.65. The summed E-state index contributed by atoms with van der Waals surface area (Å²) < 4.78 is 5.78. The van der Waals surface area contributed by atoms with Gasteiger partial charge in [0.1, 0.15) is 11.9 Å². The highest BCUT2D eigenvalue weighted by Crippen LogP contribution is 2.27. The van der Waals surface area contributed by atoms with Crippen molar-refractivity contribution in [3.63, 3.8) is 0 Å². The minimum atomic E-state index is 0.340. The minimum Gasteiger partial charge on any atom is -0.488 e. The van der Waals surface area contributed by atoms with Gasteiger partial charge >= 0.3 is 0 Å². The molecule has 1 aromatic carbocycles. The van der Waals surface area contributed by atoms with Crippen molar-refractivity contribution < 1.29 is 4.74 Å². The number of nitrogens with zero attached hydrogens (tertiary/aromatic N) is 1. The first-order chi connectivity index (χ1) is 6.25. The Morgan fingerprint density at radius 2 is 2.15 bits per heavy atom. The number of likely N-dealkylation sites (N-methyl/N-ethyl adjacent to an activating group) is 1. The van der Waals surface area contributed by atoms with Gasteiger partial charge in [0.15, 0.2) is 0 Å². The third-order valence-corrected chi connectivity index (χ3v) is 2.28. The van der Waals surface area contributed by atoms with Crippen LogP contribution in [0.3, 0.4) is 0 Å². The van der Waals surface area contributed by atoms with Gasteiger partial charge in [-0.2, -0.15) is 0 Å². The second-order valence-electron chi connectivity index (χ2n) is 3.81. The van der Waals surface area contributed by atoms with Crippen molar-refractivity contribution in [3.05, 3.63) is 29.8 Å². The number of ether oxygens (including phenoxy) is 1. The monoisotopic (exact) mass is 177 g/mol. The van der Waals surface area contributed by atoms with Crippen molar-refractivity contribution in [2.24, 2.45) is 0 Å². The quantitative estimate of drug-likeness (QED) is 0.679. The molecule has 0 saturated heterocycles. The lowest BCUT2D eigenvalue weighted by Gasteiger charge is -2.15. The third-order valence-electron chi connectivity index (χ3n) is 2.28. The molecule has 0 spiro atoms. The highest BCUT2D eigenvalue weighted by atomic mass is 16.5. The molecule has 0 radical (unpaired) electrons. The van der Waals surface area contributed by atoms with E-state index in [-0.39, 0.29) is 0 Å². The molecular formula is C11H15NO. The summed E-state index contributed by atoms with van der Waals surface area (Å²) in [5.74, 6) is 1.06. The number of para-hydroxylation sites is 1. The van der Waals surface area contributed by atoms with Crippen LogP contribution in [0.5, 0.6) is 5.75 Å². The van der Waals surface area contributed by atoms with E-state index >= 15 is 0 Å². The Morgan fingerprint density at radius 3 is 2.85 bits per heavy atom. The maximum Gasteiger partial charge on any atom is 0.123 e. The molecule has 0 aromatic heterocycles. The third kappa shape index (κ3) is 1.83. The van der Waals surface area contributed by atoms with Crippen molar-refractivity contribution in [3.8, 4) is 5.75 Å². The van der Waals surface area contributed by atoms with E-state index in [1.165, 1.54) is 5.56 Å². The van der Waals surface area contributed by atoms with Crippen molar-refractivity contribution in [2.45, 2.75) is 12.5 Å². The Kier molecular flexibility index (Phi) is 2.23. The fourth-order valence-corrected chi connectivity index (χ4v) is 1.76. The van der Waals surface area contributed by atoms with Gasteiger partial charge in [0, 0.05) is 13.0 Å².